The molecule has 0 aromatic heterocycles. The van der Waals surface area contributed by atoms with Gasteiger partial charge in [-0.1, -0.05) is 18.2 Å². The van der Waals surface area contributed by atoms with Gasteiger partial charge in [-0.2, -0.15) is 0 Å². The maximum atomic E-state index is 12.7. The Morgan fingerprint density at radius 2 is 1.76 bits per heavy atom. The van der Waals surface area contributed by atoms with E-state index in [1.54, 1.807) is 24.1 Å². The van der Waals surface area contributed by atoms with Crippen molar-refractivity contribution in [1.82, 2.24) is 14.1 Å². The summed E-state index contributed by atoms with van der Waals surface area (Å²) in [4.78, 5) is 16.2. The molecule has 0 bridgehead atoms. The third-order valence-corrected chi connectivity index (χ3v) is 7.52. The molecule has 1 amide bonds. The number of rotatable bonds is 5. The molecule has 2 fully saturated rings. The van der Waals surface area contributed by atoms with Crippen molar-refractivity contribution in [2.45, 2.75) is 18.1 Å². The normalized spacial score (nSPS) is 20.7. The molecule has 0 radical (unpaired) electrons. The molecular weight excluding hydrogens is 338 g/mol. The molecule has 6 nitrogen and oxygen atoms in total. The number of nitrogens with zero attached hydrogens (tertiary/aromatic N) is 3. The topological polar surface area (TPSA) is 60.9 Å². The average Bonchev–Trinajstić information content (AvgIpc) is 2.56. The molecule has 2 aliphatic rings. The number of hydrogen-bond acceptors (Lipinski definition) is 4. The summed E-state index contributed by atoms with van der Waals surface area (Å²) in [5, 5.41) is -0.476. The fraction of sp³-hybridized carbons (Fsp3) is 0.611. The zero-order chi connectivity index (χ0) is 18.0. The molecule has 0 N–H and O–H groups in total. The summed E-state index contributed by atoms with van der Waals surface area (Å²) in [6.45, 7) is 3.21. The lowest BCUT2D eigenvalue weighted by atomic mass is 9.97. The van der Waals surface area contributed by atoms with Crippen LogP contribution in [-0.4, -0.2) is 80.5 Å². The Kier molecular flexibility index (Phi) is 5.46. The van der Waals surface area contributed by atoms with Gasteiger partial charge in [-0.15, -0.1) is 0 Å². The van der Waals surface area contributed by atoms with Gasteiger partial charge < -0.3 is 9.80 Å². The van der Waals surface area contributed by atoms with Crippen molar-refractivity contribution in [3.05, 3.63) is 35.9 Å². The maximum Gasteiger partial charge on any atom is 0.253 e. The highest BCUT2D eigenvalue weighted by Gasteiger charge is 2.42. The number of carbonyl (C=O) groups is 1. The van der Waals surface area contributed by atoms with Gasteiger partial charge in [0, 0.05) is 32.2 Å². The fourth-order valence-corrected chi connectivity index (χ4v) is 5.19. The predicted molar refractivity (Wildman–Crippen MR) is 97.9 cm³/mol. The van der Waals surface area contributed by atoms with E-state index >= 15 is 0 Å². The van der Waals surface area contributed by atoms with Crippen molar-refractivity contribution in [2.75, 3.05) is 46.8 Å². The Hall–Kier alpha value is -1.44. The number of carbonyl (C=O) groups excluding carboxylic acids is 1. The largest absolute Gasteiger partial charge is 0.336 e. The second-order valence-electron chi connectivity index (χ2n) is 7.27. The summed E-state index contributed by atoms with van der Waals surface area (Å²) in [5.41, 5.74) is 0.609. The van der Waals surface area contributed by atoms with Crippen LogP contribution in [0.3, 0.4) is 0 Å². The molecule has 0 unspecified atom stereocenters. The summed E-state index contributed by atoms with van der Waals surface area (Å²) in [7, 11) is 0.439. The molecule has 0 aliphatic carbocycles. The van der Waals surface area contributed by atoms with E-state index in [9.17, 15) is 13.2 Å². The Balaban J connectivity index is 1.53. The third-order valence-electron chi connectivity index (χ3n) is 5.37. The van der Waals surface area contributed by atoms with Crippen LogP contribution in [0.1, 0.15) is 23.2 Å². The fourth-order valence-electron chi connectivity index (χ4n) is 3.52. The van der Waals surface area contributed by atoms with Gasteiger partial charge in [-0.25, -0.2) is 12.7 Å². The molecule has 7 heteroatoms. The van der Waals surface area contributed by atoms with Crippen LogP contribution < -0.4 is 0 Å². The zero-order valence-corrected chi connectivity index (χ0v) is 15.8. The van der Waals surface area contributed by atoms with E-state index < -0.39 is 15.3 Å². The van der Waals surface area contributed by atoms with Crippen LogP contribution in [0.2, 0.25) is 0 Å². The lowest BCUT2D eigenvalue weighted by Crippen LogP contribution is -2.59. The van der Waals surface area contributed by atoms with Gasteiger partial charge >= 0.3 is 0 Å². The molecule has 2 heterocycles. The first-order chi connectivity index (χ1) is 11.9. The molecule has 138 valence electrons. The molecule has 0 spiro atoms. The van der Waals surface area contributed by atoms with Gasteiger partial charge in [0.1, 0.15) is 5.25 Å². The molecule has 1 aromatic carbocycles. The van der Waals surface area contributed by atoms with E-state index in [0.717, 1.165) is 25.9 Å². The minimum absolute atomic E-state index is 0.0926. The molecule has 3 rings (SSSR count). The lowest BCUT2D eigenvalue weighted by molar-refractivity contribution is 0.0655. The van der Waals surface area contributed by atoms with Crippen LogP contribution in [0.25, 0.3) is 0 Å². The van der Waals surface area contributed by atoms with E-state index in [4.69, 9.17) is 0 Å². The lowest BCUT2D eigenvalue weighted by Gasteiger charge is -2.41. The Bertz CT molecular complexity index is 694. The van der Waals surface area contributed by atoms with Crippen LogP contribution in [0.5, 0.6) is 0 Å². The van der Waals surface area contributed by atoms with Gasteiger partial charge in [0.25, 0.3) is 5.91 Å². The summed E-state index contributed by atoms with van der Waals surface area (Å²) in [6.07, 6.45) is 2.08. The first-order valence-electron chi connectivity index (χ1n) is 8.86. The highest BCUT2D eigenvalue weighted by molar-refractivity contribution is 7.89. The second-order valence-corrected chi connectivity index (χ2v) is 9.59. The highest BCUT2D eigenvalue weighted by Crippen LogP contribution is 2.24. The Morgan fingerprint density at radius 3 is 2.36 bits per heavy atom. The minimum Gasteiger partial charge on any atom is -0.336 e. The van der Waals surface area contributed by atoms with Crippen molar-refractivity contribution in [2.24, 2.45) is 5.92 Å². The first-order valence-corrected chi connectivity index (χ1v) is 10.4. The molecule has 25 heavy (non-hydrogen) atoms. The van der Waals surface area contributed by atoms with E-state index in [0.29, 0.717) is 18.0 Å². The average molecular weight is 365 g/mol. The van der Waals surface area contributed by atoms with Crippen molar-refractivity contribution >= 4 is 15.9 Å². The molecule has 0 saturated carbocycles. The van der Waals surface area contributed by atoms with Crippen molar-refractivity contribution in [3.63, 3.8) is 0 Å². The molecule has 1 aromatic rings. The first kappa shape index (κ1) is 18.4. The number of piperidine rings is 1. The van der Waals surface area contributed by atoms with Gasteiger partial charge in [0.05, 0.1) is 0 Å². The molecule has 2 aliphatic heterocycles. The van der Waals surface area contributed by atoms with Crippen LogP contribution in [-0.2, 0) is 10.0 Å². The maximum absolute atomic E-state index is 12.7. The number of sulfonamides is 1. The van der Waals surface area contributed by atoms with E-state index in [1.165, 1.54) is 4.31 Å². The quantitative estimate of drug-likeness (QED) is 0.784. The monoisotopic (exact) mass is 365 g/mol. The highest BCUT2D eigenvalue weighted by atomic mass is 32.2. The SMILES string of the molecule is CN1CCC(CN(C)S(=O)(=O)C2CN(C(=O)c3ccccc3)C2)CC1. The van der Waals surface area contributed by atoms with E-state index in [1.807, 2.05) is 18.2 Å². The third kappa shape index (κ3) is 4.04. The molecule has 2 saturated heterocycles. The van der Waals surface area contributed by atoms with Gasteiger partial charge in [-0.05, 0) is 51.0 Å². The smallest absolute Gasteiger partial charge is 0.253 e. The van der Waals surface area contributed by atoms with Crippen molar-refractivity contribution in [1.29, 1.82) is 0 Å². The minimum atomic E-state index is -3.34. The second kappa shape index (κ2) is 7.43. The Labute approximate surface area is 150 Å². The van der Waals surface area contributed by atoms with Crippen LogP contribution in [0.4, 0.5) is 0 Å². The van der Waals surface area contributed by atoms with Gasteiger partial charge in [0.15, 0.2) is 0 Å². The molecular formula is C18H27N3O3S. The zero-order valence-electron chi connectivity index (χ0n) is 15.0. The van der Waals surface area contributed by atoms with Crippen molar-refractivity contribution < 1.29 is 13.2 Å². The number of benzene rings is 1. The molecule has 0 atom stereocenters. The van der Waals surface area contributed by atoms with Crippen LogP contribution >= 0.6 is 0 Å². The van der Waals surface area contributed by atoms with Crippen LogP contribution in [0, 0.1) is 5.92 Å². The summed E-state index contributed by atoms with van der Waals surface area (Å²) in [6, 6.07) is 9.01. The summed E-state index contributed by atoms with van der Waals surface area (Å²) in [5.74, 6) is 0.336. The van der Waals surface area contributed by atoms with E-state index in [2.05, 4.69) is 11.9 Å². The summed E-state index contributed by atoms with van der Waals surface area (Å²) < 4.78 is 27.0. The number of amides is 1. The van der Waals surface area contributed by atoms with Gasteiger partial charge in [-0.3, -0.25) is 4.79 Å². The number of hydrogen-bond donors (Lipinski definition) is 0. The number of likely N-dealkylation sites (tertiary alicyclic amines) is 2. The Morgan fingerprint density at radius 1 is 1.16 bits per heavy atom. The standard InChI is InChI=1S/C18H27N3O3S/c1-19-10-8-15(9-11-19)12-20(2)25(23,24)17-13-21(14-17)18(22)16-6-4-3-5-7-16/h3-7,15,17H,8-14H2,1-2H3. The summed E-state index contributed by atoms with van der Waals surface area (Å²) >= 11 is 0. The van der Waals surface area contributed by atoms with Gasteiger partial charge in [0.2, 0.25) is 10.0 Å². The van der Waals surface area contributed by atoms with Crippen molar-refractivity contribution in [3.8, 4) is 0 Å². The predicted octanol–water partition coefficient (Wildman–Crippen LogP) is 1.11. The van der Waals surface area contributed by atoms with E-state index in [-0.39, 0.29) is 19.0 Å². The van der Waals surface area contributed by atoms with Crippen LogP contribution in [0.15, 0.2) is 30.3 Å².